The highest BCUT2D eigenvalue weighted by Gasteiger charge is 2.51. The van der Waals surface area contributed by atoms with Crippen LogP contribution in [0.15, 0.2) is 24.3 Å². The zero-order valence-electron chi connectivity index (χ0n) is 8.53. The first kappa shape index (κ1) is 12.9. The van der Waals surface area contributed by atoms with Crippen molar-refractivity contribution in [2.75, 3.05) is 6.61 Å². The van der Waals surface area contributed by atoms with E-state index in [2.05, 4.69) is 0 Å². The largest absolute Gasteiger partial charge is 0.364 e. The summed E-state index contributed by atoms with van der Waals surface area (Å²) in [4.78, 5) is 10.2. The molecule has 0 bridgehead atoms. The maximum atomic E-state index is 10.7. The smallest absolute Gasteiger partial charge is 0.269 e. The van der Waals surface area contributed by atoms with Gasteiger partial charge in [0.1, 0.15) is 5.60 Å². The molecular formula is C10H8Cl3NO3. The lowest BCUT2D eigenvalue weighted by atomic mass is 9.97. The Morgan fingerprint density at radius 1 is 1.47 bits per heavy atom. The molecule has 92 valence electrons. The van der Waals surface area contributed by atoms with E-state index in [-0.39, 0.29) is 12.1 Å². The number of epoxide rings is 1. The second-order valence-corrected chi connectivity index (χ2v) is 6.40. The molecule has 4 nitrogen and oxygen atoms in total. The minimum absolute atomic E-state index is 0.00157. The van der Waals surface area contributed by atoms with Crippen LogP contribution in [-0.2, 0) is 10.3 Å². The Kier molecular flexibility index (Phi) is 3.25. The molecule has 0 spiro atoms. The predicted octanol–water partition coefficient (Wildman–Crippen LogP) is 3.58. The molecule has 1 aliphatic rings. The fourth-order valence-corrected chi connectivity index (χ4v) is 2.33. The number of nitro benzene ring substituents is 1. The molecule has 1 heterocycles. The highest BCUT2D eigenvalue weighted by Crippen LogP contribution is 2.50. The standard InChI is InChI=1S/C10H8Cl3NO3/c11-10(12,13)5-9(6-17-9)7-2-1-3-8(4-7)14(15)16/h1-4H,5-6H2. The van der Waals surface area contributed by atoms with Gasteiger partial charge in [-0.15, -0.1) is 0 Å². The second-order valence-electron chi connectivity index (χ2n) is 3.88. The van der Waals surface area contributed by atoms with E-state index < -0.39 is 14.3 Å². The number of nitro groups is 1. The molecule has 0 N–H and O–H groups in total. The van der Waals surface area contributed by atoms with Gasteiger partial charge in [0.05, 0.1) is 11.5 Å². The second kappa shape index (κ2) is 4.28. The van der Waals surface area contributed by atoms with Crippen molar-refractivity contribution in [3.63, 3.8) is 0 Å². The van der Waals surface area contributed by atoms with Gasteiger partial charge in [0.15, 0.2) is 3.79 Å². The molecule has 1 saturated heterocycles. The van der Waals surface area contributed by atoms with Crippen molar-refractivity contribution in [3.05, 3.63) is 39.9 Å². The highest BCUT2D eigenvalue weighted by molar-refractivity contribution is 6.67. The number of hydrogen-bond donors (Lipinski definition) is 0. The van der Waals surface area contributed by atoms with Crippen LogP contribution in [0.2, 0.25) is 0 Å². The molecule has 1 unspecified atom stereocenters. The predicted molar refractivity (Wildman–Crippen MR) is 65.6 cm³/mol. The molecule has 0 saturated carbocycles. The van der Waals surface area contributed by atoms with Crippen LogP contribution in [-0.4, -0.2) is 15.3 Å². The van der Waals surface area contributed by atoms with Crippen LogP contribution in [0.4, 0.5) is 5.69 Å². The van der Waals surface area contributed by atoms with Gasteiger partial charge in [-0.25, -0.2) is 0 Å². The maximum absolute atomic E-state index is 10.7. The summed E-state index contributed by atoms with van der Waals surface area (Å²) in [5, 5.41) is 10.7. The van der Waals surface area contributed by atoms with E-state index in [0.717, 1.165) is 0 Å². The Balaban J connectivity index is 2.28. The number of ether oxygens (including phenoxy) is 1. The average molecular weight is 297 g/mol. The van der Waals surface area contributed by atoms with E-state index in [4.69, 9.17) is 39.5 Å². The zero-order chi connectivity index (χ0) is 12.7. The van der Waals surface area contributed by atoms with Crippen LogP contribution in [0.25, 0.3) is 0 Å². The quantitative estimate of drug-likeness (QED) is 0.371. The first-order chi connectivity index (χ1) is 7.82. The Hall–Kier alpha value is -0.550. The molecule has 0 aromatic heterocycles. The van der Waals surface area contributed by atoms with Crippen LogP contribution in [0.1, 0.15) is 12.0 Å². The zero-order valence-corrected chi connectivity index (χ0v) is 10.8. The van der Waals surface area contributed by atoms with E-state index in [9.17, 15) is 10.1 Å². The molecular weight excluding hydrogens is 288 g/mol. The number of rotatable bonds is 3. The summed E-state index contributed by atoms with van der Waals surface area (Å²) in [6, 6.07) is 6.18. The normalized spacial score (nSPS) is 23.5. The molecule has 1 fully saturated rings. The fraction of sp³-hybridized carbons (Fsp3) is 0.400. The molecule has 2 rings (SSSR count). The van der Waals surface area contributed by atoms with Gasteiger partial charge in [0, 0.05) is 18.6 Å². The lowest BCUT2D eigenvalue weighted by molar-refractivity contribution is -0.385. The summed E-state index contributed by atoms with van der Waals surface area (Å²) >= 11 is 17.2. The SMILES string of the molecule is O=[N+]([O-])c1cccc(C2(CC(Cl)(Cl)Cl)CO2)c1. The first-order valence-electron chi connectivity index (χ1n) is 4.78. The van der Waals surface area contributed by atoms with Crippen molar-refractivity contribution in [1.29, 1.82) is 0 Å². The number of halogens is 3. The Morgan fingerprint density at radius 2 is 2.12 bits per heavy atom. The molecule has 1 aromatic carbocycles. The van der Waals surface area contributed by atoms with Crippen molar-refractivity contribution in [2.24, 2.45) is 0 Å². The number of benzene rings is 1. The third-order valence-corrected chi connectivity index (χ3v) is 2.96. The van der Waals surface area contributed by atoms with Crippen LogP contribution in [0.3, 0.4) is 0 Å². The fourth-order valence-electron chi connectivity index (χ4n) is 1.68. The van der Waals surface area contributed by atoms with Gasteiger partial charge in [-0.2, -0.15) is 0 Å². The van der Waals surface area contributed by atoms with Gasteiger partial charge < -0.3 is 4.74 Å². The molecule has 0 amide bonds. The Morgan fingerprint density at radius 3 is 2.59 bits per heavy atom. The Labute approximate surface area is 113 Å². The summed E-state index contributed by atoms with van der Waals surface area (Å²) in [5.41, 5.74) is -0.0307. The van der Waals surface area contributed by atoms with Crippen molar-refractivity contribution < 1.29 is 9.66 Å². The topological polar surface area (TPSA) is 55.7 Å². The van der Waals surface area contributed by atoms with Crippen molar-refractivity contribution in [3.8, 4) is 0 Å². The summed E-state index contributed by atoms with van der Waals surface area (Å²) in [6.07, 6.45) is 0.172. The minimum atomic E-state index is -1.44. The van der Waals surface area contributed by atoms with Gasteiger partial charge in [0.25, 0.3) is 5.69 Å². The monoisotopic (exact) mass is 295 g/mol. The van der Waals surface area contributed by atoms with E-state index in [1.165, 1.54) is 12.1 Å². The van der Waals surface area contributed by atoms with E-state index >= 15 is 0 Å². The molecule has 1 aromatic rings. The third kappa shape index (κ3) is 3.01. The molecule has 1 aliphatic heterocycles. The highest BCUT2D eigenvalue weighted by atomic mass is 35.6. The number of nitrogens with zero attached hydrogens (tertiary/aromatic N) is 1. The first-order valence-corrected chi connectivity index (χ1v) is 5.91. The summed E-state index contributed by atoms with van der Waals surface area (Å²) in [7, 11) is 0. The van der Waals surface area contributed by atoms with Gasteiger partial charge in [-0.1, -0.05) is 46.9 Å². The van der Waals surface area contributed by atoms with Crippen LogP contribution < -0.4 is 0 Å². The van der Waals surface area contributed by atoms with E-state index in [0.29, 0.717) is 12.2 Å². The minimum Gasteiger partial charge on any atom is -0.364 e. The summed E-state index contributed by atoms with van der Waals surface area (Å²) in [6.45, 7) is 0.405. The van der Waals surface area contributed by atoms with E-state index in [1.54, 1.807) is 12.1 Å². The van der Waals surface area contributed by atoms with Crippen molar-refractivity contribution >= 4 is 40.5 Å². The number of alkyl halides is 3. The molecule has 1 atom stereocenters. The van der Waals surface area contributed by atoms with Gasteiger partial charge in [-0.05, 0) is 5.56 Å². The van der Waals surface area contributed by atoms with Gasteiger partial charge in [-0.3, -0.25) is 10.1 Å². The molecule has 7 heteroatoms. The lowest BCUT2D eigenvalue weighted by Gasteiger charge is -2.17. The molecule has 17 heavy (non-hydrogen) atoms. The maximum Gasteiger partial charge on any atom is 0.269 e. The van der Waals surface area contributed by atoms with Crippen LogP contribution in [0, 0.1) is 10.1 Å². The van der Waals surface area contributed by atoms with Gasteiger partial charge in [0.2, 0.25) is 0 Å². The average Bonchev–Trinajstić information content (AvgIpc) is 2.96. The summed E-state index contributed by atoms with van der Waals surface area (Å²) in [5.74, 6) is 0. The number of hydrogen-bond acceptors (Lipinski definition) is 3. The summed E-state index contributed by atoms with van der Waals surface area (Å²) < 4.78 is 3.87. The van der Waals surface area contributed by atoms with Crippen LogP contribution in [0.5, 0.6) is 0 Å². The lowest BCUT2D eigenvalue weighted by Crippen LogP contribution is -2.18. The van der Waals surface area contributed by atoms with Crippen molar-refractivity contribution in [1.82, 2.24) is 0 Å². The molecule has 0 radical (unpaired) electrons. The third-order valence-electron chi connectivity index (χ3n) is 2.56. The van der Waals surface area contributed by atoms with Crippen LogP contribution >= 0.6 is 34.8 Å². The van der Waals surface area contributed by atoms with Crippen molar-refractivity contribution in [2.45, 2.75) is 15.8 Å². The Bertz CT molecular complexity index is 454. The van der Waals surface area contributed by atoms with E-state index in [1.807, 2.05) is 0 Å². The molecule has 0 aliphatic carbocycles. The number of non-ortho nitro benzene ring substituents is 1. The van der Waals surface area contributed by atoms with Gasteiger partial charge >= 0.3 is 0 Å².